The minimum atomic E-state index is 0.0231. The molecule has 1 rings (SSSR count). The largest absolute Gasteiger partial charge is 0.494 e. The van der Waals surface area contributed by atoms with E-state index in [4.69, 9.17) is 4.74 Å². The summed E-state index contributed by atoms with van der Waals surface area (Å²) in [7, 11) is 0. The monoisotopic (exact) mass is 251 g/mol. The number of aliphatic hydroxyl groups excluding tert-OH is 1. The Morgan fingerprint density at radius 3 is 2.28 bits per heavy atom. The van der Waals surface area contributed by atoms with Crippen LogP contribution >= 0.6 is 0 Å². The smallest absolute Gasteiger partial charge is 0.124 e. The minimum absolute atomic E-state index is 0.0231. The molecule has 0 fully saturated rings. The van der Waals surface area contributed by atoms with E-state index in [-0.39, 0.29) is 6.61 Å². The van der Waals surface area contributed by atoms with Crippen LogP contribution < -0.4 is 9.64 Å². The first-order valence-electron chi connectivity index (χ1n) is 6.88. The van der Waals surface area contributed by atoms with Crippen LogP contribution in [0.5, 0.6) is 5.75 Å². The molecule has 0 saturated carbocycles. The lowest BCUT2D eigenvalue weighted by atomic mass is 10.1. The average Bonchev–Trinajstić information content (AvgIpc) is 2.39. The summed E-state index contributed by atoms with van der Waals surface area (Å²) in [5, 5.41) is 9.41. The first-order chi connectivity index (χ1) is 8.76. The molecule has 1 aromatic rings. The predicted octanol–water partition coefficient (Wildman–Crippen LogP) is 3.20. The Labute approximate surface area is 110 Å². The predicted molar refractivity (Wildman–Crippen MR) is 76.3 cm³/mol. The van der Waals surface area contributed by atoms with E-state index >= 15 is 0 Å². The number of nitrogens with zero attached hydrogens (tertiary/aromatic N) is 1. The Morgan fingerprint density at radius 2 is 1.78 bits per heavy atom. The molecule has 0 aliphatic carbocycles. The van der Waals surface area contributed by atoms with E-state index in [9.17, 15) is 5.11 Å². The number of ether oxygens (including phenoxy) is 1. The van der Waals surface area contributed by atoms with Gasteiger partial charge in [-0.1, -0.05) is 13.8 Å². The summed E-state index contributed by atoms with van der Waals surface area (Å²) >= 11 is 0. The van der Waals surface area contributed by atoms with Crippen LogP contribution in [0.25, 0.3) is 0 Å². The van der Waals surface area contributed by atoms with Crippen molar-refractivity contribution >= 4 is 5.69 Å². The number of hydrogen-bond acceptors (Lipinski definition) is 3. The van der Waals surface area contributed by atoms with Crippen LogP contribution in [-0.2, 0) is 6.61 Å². The van der Waals surface area contributed by atoms with E-state index in [2.05, 4.69) is 24.8 Å². The highest BCUT2D eigenvalue weighted by Gasteiger charge is 2.09. The topological polar surface area (TPSA) is 32.7 Å². The number of hydrogen-bond donors (Lipinski definition) is 1. The summed E-state index contributed by atoms with van der Waals surface area (Å²) < 4.78 is 5.50. The van der Waals surface area contributed by atoms with Gasteiger partial charge in [-0.05, 0) is 38.0 Å². The SMILES string of the molecule is CCCN(CCC)c1ccc(OCC)c(CO)c1. The first kappa shape index (κ1) is 14.8. The first-order valence-corrected chi connectivity index (χ1v) is 6.88. The third-order valence-electron chi connectivity index (χ3n) is 2.87. The van der Waals surface area contributed by atoms with Gasteiger partial charge in [0.05, 0.1) is 13.2 Å². The zero-order chi connectivity index (χ0) is 13.4. The van der Waals surface area contributed by atoms with Crippen molar-refractivity contribution in [1.29, 1.82) is 0 Å². The van der Waals surface area contributed by atoms with Crippen molar-refractivity contribution in [3.8, 4) is 5.75 Å². The molecule has 0 saturated heterocycles. The molecule has 1 N–H and O–H groups in total. The Bertz CT molecular complexity index is 346. The molecule has 1 aromatic carbocycles. The van der Waals surface area contributed by atoms with E-state index < -0.39 is 0 Å². The van der Waals surface area contributed by atoms with Gasteiger partial charge < -0.3 is 14.7 Å². The van der Waals surface area contributed by atoms with Gasteiger partial charge in [-0.3, -0.25) is 0 Å². The van der Waals surface area contributed by atoms with Crippen molar-refractivity contribution in [2.45, 2.75) is 40.2 Å². The van der Waals surface area contributed by atoms with Gasteiger partial charge in [-0.25, -0.2) is 0 Å². The third kappa shape index (κ3) is 3.91. The van der Waals surface area contributed by atoms with Gasteiger partial charge >= 0.3 is 0 Å². The lowest BCUT2D eigenvalue weighted by Gasteiger charge is -2.24. The summed E-state index contributed by atoms with van der Waals surface area (Å²) in [5.74, 6) is 0.789. The highest BCUT2D eigenvalue weighted by Crippen LogP contribution is 2.25. The molecule has 3 nitrogen and oxygen atoms in total. The fourth-order valence-electron chi connectivity index (χ4n) is 2.09. The normalized spacial score (nSPS) is 10.4. The molecule has 0 unspecified atom stereocenters. The summed E-state index contributed by atoms with van der Waals surface area (Å²) in [4.78, 5) is 2.36. The van der Waals surface area contributed by atoms with Crippen LogP contribution in [0.15, 0.2) is 18.2 Å². The van der Waals surface area contributed by atoms with Gasteiger partial charge in [0, 0.05) is 24.3 Å². The van der Waals surface area contributed by atoms with Gasteiger partial charge in [0.15, 0.2) is 0 Å². The lowest BCUT2D eigenvalue weighted by Crippen LogP contribution is -2.24. The molecule has 0 aliphatic rings. The maximum Gasteiger partial charge on any atom is 0.124 e. The molecule has 0 spiro atoms. The molecule has 0 aliphatic heterocycles. The van der Waals surface area contributed by atoms with E-state index in [1.165, 1.54) is 5.69 Å². The molecule has 102 valence electrons. The highest BCUT2D eigenvalue weighted by molar-refractivity contribution is 5.53. The number of aliphatic hydroxyl groups is 1. The molecule has 0 amide bonds. The maximum atomic E-state index is 9.41. The highest BCUT2D eigenvalue weighted by atomic mass is 16.5. The van der Waals surface area contributed by atoms with Crippen molar-refractivity contribution < 1.29 is 9.84 Å². The molecule has 0 heterocycles. The van der Waals surface area contributed by atoms with Crippen LogP contribution in [-0.4, -0.2) is 24.8 Å². The molecular weight excluding hydrogens is 226 g/mol. The van der Waals surface area contributed by atoms with Crippen molar-refractivity contribution in [2.24, 2.45) is 0 Å². The average molecular weight is 251 g/mol. The van der Waals surface area contributed by atoms with Gasteiger partial charge in [0.1, 0.15) is 5.75 Å². The van der Waals surface area contributed by atoms with Gasteiger partial charge in [-0.15, -0.1) is 0 Å². The van der Waals surface area contributed by atoms with Crippen LogP contribution in [0.1, 0.15) is 39.2 Å². The Balaban J connectivity index is 2.93. The van der Waals surface area contributed by atoms with Crippen LogP contribution in [0.4, 0.5) is 5.69 Å². The second-order valence-corrected chi connectivity index (χ2v) is 4.37. The number of benzene rings is 1. The summed E-state index contributed by atoms with van der Waals surface area (Å²) in [6, 6.07) is 6.08. The summed E-state index contributed by atoms with van der Waals surface area (Å²) in [6.45, 7) is 9.07. The summed E-state index contributed by atoms with van der Waals surface area (Å²) in [6.07, 6.45) is 2.25. The van der Waals surface area contributed by atoms with Crippen molar-refractivity contribution in [1.82, 2.24) is 0 Å². The quantitative estimate of drug-likeness (QED) is 0.770. The summed E-state index contributed by atoms with van der Waals surface area (Å²) in [5.41, 5.74) is 2.04. The third-order valence-corrected chi connectivity index (χ3v) is 2.87. The Kier molecular flexibility index (Phi) is 6.58. The van der Waals surface area contributed by atoms with Crippen molar-refractivity contribution in [2.75, 3.05) is 24.6 Å². The zero-order valence-corrected chi connectivity index (χ0v) is 11.8. The second-order valence-electron chi connectivity index (χ2n) is 4.37. The van der Waals surface area contributed by atoms with Gasteiger partial charge in [0.2, 0.25) is 0 Å². The molecule has 18 heavy (non-hydrogen) atoms. The van der Waals surface area contributed by atoms with E-state index in [0.717, 1.165) is 37.2 Å². The molecule has 0 atom stereocenters. The van der Waals surface area contributed by atoms with E-state index in [1.54, 1.807) is 0 Å². The molecule has 0 bridgehead atoms. The minimum Gasteiger partial charge on any atom is -0.494 e. The molecule has 0 aromatic heterocycles. The van der Waals surface area contributed by atoms with Crippen molar-refractivity contribution in [3.05, 3.63) is 23.8 Å². The number of anilines is 1. The van der Waals surface area contributed by atoms with E-state index in [1.807, 2.05) is 19.1 Å². The zero-order valence-electron chi connectivity index (χ0n) is 11.8. The Hall–Kier alpha value is -1.22. The fourth-order valence-corrected chi connectivity index (χ4v) is 2.09. The standard InChI is InChI=1S/C15H25NO2/c1-4-9-16(10-5-2)14-7-8-15(18-6-3)13(11-14)12-17/h7-8,11,17H,4-6,9-10,12H2,1-3H3. The fraction of sp³-hybridized carbons (Fsp3) is 0.600. The second kappa shape index (κ2) is 7.98. The van der Waals surface area contributed by atoms with E-state index in [0.29, 0.717) is 6.61 Å². The maximum absolute atomic E-state index is 9.41. The van der Waals surface area contributed by atoms with Gasteiger partial charge in [-0.2, -0.15) is 0 Å². The van der Waals surface area contributed by atoms with Crippen molar-refractivity contribution in [3.63, 3.8) is 0 Å². The number of rotatable bonds is 8. The van der Waals surface area contributed by atoms with Crippen LogP contribution in [0, 0.1) is 0 Å². The molecule has 3 heteroatoms. The van der Waals surface area contributed by atoms with Crippen LogP contribution in [0.2, 0.25) is 0 Å². The lowest BCUT2D eigenvalue weighted by molar-refractivity contribution is 0.267. The molecule has 0 radical (unpaired) electrons. The Morgan fingerprint density at radius 1 is 1.11 bits per heavy atom. The molecular formula is C15H25NO2. The van der Waals surface area contributed by atoms with Crippen LogP contribution in [0.3, 0.4) is 0 Å². The van der Waals surface area contributed by atoms with Gasteiger partial charge in [0.25, 0.3) is 0 Å².